The van der Waals surface area contributed by atoms with Gasteiger partial charge in [-0.25, -0.2) is 9.37 Å². The van der Waals surface area contributed by atoms with Crippen molar-refractivity contribution < 1.29 is 9.50 Å². The summed E-state index contributed by atoms with van der Waals surface area (Å²) in [4.78, 5) is 5.86. The van der Waals surface area contributed by atoms with E-state index in [1.807, 2.05) is 13.0 Å². The fourth-order valence-electron chi connectivity index (χ4n) is 1.58. The topological polar surface area (TPSA) is 33.1 Å². The second-order valence-electron chi connectivity index (χ2n) is 3.79. The van der Waals surface area contributed by atoms with Crippen molar-refractivity contribution in [3.63, 3.8) is 0 Å². The molecule has 1 aromatic heterocycles. The molecule has 96 valence electrons. The Morgan fingerprint density at radius 1 is 1.50 bits per heavy atom. The minimum absolute atomic E-state index is 0.264. The zero-order valence-corrected chi connectivity index (χ0v) is 11.8. The number of benzene rings is 1. The Morgan fingerprint density at radius 3 is 2.89 bits per heavy atom. The summed E-state index contributed by atoms with van der Waals surface area (Å²) in [6.45, 7) is 3.71. The number of hydrogen-bond acceptors (Lipinski definition) is 4. The van der Waals surface area contributed by atoms with E-state index in [1.54, 1.807) is 30.9 Å². The maximum Gasteiger partial charge on any atom is 0.134 e. The summed E-state index contributed by atoms with van der Waals surface area (Å²) < 4.78 is 14.0. The van der Waals surface area contributed by atoms with Crippen molar-refractivity contribution in [2.24, 2.45) is 0 Å². The Kier molecular flexibility index (Phi) is 4.37. The lowest BCUT2D eigenvalue weighted by Crippen LogP contribution is -1.87. The Balaban J connectivity index is 2.48. The average Bonchev–Trinajstić information content (AvgIpc) is 2.79. The quantitative estimate of drug-likeness (QED) is 0.857. The van der Waals surface area contributed by atoms with E-state index >= 15 is 0 Å². The standard InChI is InChI=1S/C13H14FNOS2/c1-3-17-10-6-4-5-9(14)12(10)13-15-7-11(18-13)8(2)16/h4-8,16H,3H2,1-2H3. The van der Waals surface area contributed by atoms with Gasteiger partial charge >= 0.3 is 0 Å². The minimum atomic E-state index is -0.565. The van der Waals surface area contributed by atoms with E-state index in [4.69, 9.17) is 0 Å². The van der Waals surface area contributed by atoms with Crippen LogP contribution in [0.15, 0.2) is 29.3 Å². The Morgan fingerprint density at radius 2 is 2.28 bits per heavy atom. The molecule has 5 heteroatoms. The first-order chi connectivity index (χ1) is 8.63. The van der Waals surface area contributed by atoms with Gasteiger partial charge < -0.3 is 5.11 Å². The smallest absolute Gasteiger partial charge is 0.134 e. The Bertz CT molecular complexity index is 540. The van der Waals surface area contributed by atoms with Gasteiger partial charge in [0.05, 0.1) is 16.5 Å². The molecule has 1 unspecified atom stereocenters. The first-order valence-corrected chi connectivity index (χ1v) is 7.49. The van der Waals surface area contributed by atoms with Gasteiger partial charge in [0.15, 0.2) is 0 Å². The molecule has 1 heterocycles. The third-order valence-electron chi connectivity index (χ3n) is 2.42. The normalized spacial score (nSPS) is 12.7. The molecule has 1 atom stereocenters. The van der Waals surface area contributed by atoms with Gasteiger partial charge in [-0.2, -0.15) is 0 Å². The number of thiazole rings is 1. The molecule has 0 fully saturated rings. The van der Waals surface area contributed by atoms with Crippen molar-refractivity contribution in [3.05, 3.63) is 35.1 Å². The number of rotatable bonds is 4. The molecule has 0 saturated heterocycles. The van der Waals surface area contributed by atoms with Crippen LogP contribution in [0.3, 0.4) is 0 Å². The van der Waals surface area contributed by atoms with Crippen LogP contribution in [0.1, 0.15) is 24.8 Å². The van der Waals surface area contributed by atoms with Gasteiger partial charge in [0.1, 0.15) is 10.8 Å². The highest BCUT2D eigenvalue weighted by molar-refractivity contribution is 7.99. The van der Waals surface area contributed by atoms with Crippen LogP contribution in [-0.2, 0) is 0 Å². The summed E-state index contributed by atoms with van der Waals surface area (Å²) in [5.74, 6) is 0.616. The number of nitrogens with zero attached hydrogens (tertiary/aromatic N) is 1. The molecule has 0 amide bonds. The maximum atomic E-state index is 14.0. The number of thioether (sulfide) groups is 1. The third-order valence-corrected chi connectivity index (χ3v) is 4.55. The van der Waals surface area contributed by atoms with E-state index in [9.17, 15) is 9.50 Å². The summed E-state index contributed by atoms with van der Waals surface area (Å²) in [5, 5.41) is 10.1. The number of aromatic nitrogens is 1. The largest absolute Gasteiger partial charge is 0.388 e. The Hall–Kier alpha value is -0.910. The van der Waals surface area contributed by atoms with Crippen LogP contribution >= 0.6 is 23.1 Å². The highest BCUT2D eigenvalue weighted by Gasteiger charge is 2.15. The van der Waals surface area contributed by atoms with E-state index in [1.165, 1.54) is 17.4 Å². The van der Waals surface area contributed by atoms with Crippen LogP contribution in [0, 0.1) is 5.82 Å². The lowest BCUT2D eigenvalue weighted by Gasteiger charge is -2.06. The van der Waals surface area contributed by atoms with Gasteiger partial charge in [0, 0.05) is 11.1 Å². The minimum Gasteiger partial charge on any atom is -0.388 e. The van der Waals surface area contributed by atoms with Crippen LogP contribution in [0.5, 0.6) is 0 Å². The Labute approximate surface area is 114 Å². The first-order valence-electron chi connectivity index (χ1n) is 5.69. The molecule has 1 N–H and O–H groups in total. The van der Waals surface area contributed by atoms with Crippen LogP contribution in [0.2, 0.25) is 0 Å². The monoisotopic (exact) mass is 283 g/mol. The highest BCUT2D eigenvalue weighted by atomic mass is 32.2. The molecule has 0 saturated carbocycles. The van der Waals surface area contributed by atoms with Gasteiger partial charge in [-0.05, 0) is 24.8 Å². The molecule has 0 radical (unpaired) electrons. The molecule has 0 aliphatic carbocycles. The maximum absolute atomic E-state index is 14.0. The van der Waals surface area contributed by atoms with Crippen LogP contribution in [0.25, 0.3) is 10.6 Å². The van der Waals surface area contributed by atoms with Gasteiger partial charge in [-0.3, -0.25) is 0 Å². The molecule has 2 rings (SSSR count). The van der Waals surface area contributed by atoms with Crippen molar-refractivity contribution in [1.82, 2.24) is 4.98 Å². The van der Waals surface area contributed by atoms with Gasteiger partial charge in [0.25, 0.3) is 0 Å². The van der Waals surface area contributed by atoms with Gasteiger partial charge in [0.2, 0.25) is 0 Å². The molecule has 2 nitrogen and oxygen atoms in total. The summed E-state index contributed by atoms with van der Waals surface area (Å²) in [6.07, 6.45) is 1.04. The molecule has 0 bridgehead atoms. The first kappa shape index (κ1) is 13.5. The van der Waals surface area contributed by atoms with E-state index in [0.717, 1.165) is 15.5 Å². The zero-order chi connectivity index (χ0) is 13.1. The molecule has 0 aliphatic heterocycles. The van der Waals surface area contributed by atoms with Gasteiger partial charge in [-0.1, -0.05) is 13.0 Å². The van der Waals surface area contributed by atoms with E-state index in [-0.39, 0.29) is 5.82 Å². The summed E-state index contributed by atoms with van der Waals surface area (Å²) in [6, 6.07) is 5.05. The van der Waals surface area contributed by atoms with Crippen molar-refractivity contribution in [3.8, 4) is 10.6 Å². The second kappa shape index (κ2) is 5.82. The molecular weight excluding hydrogens is 269 g/mol. The molecule has 2 aromatic rings. The number of aliphatic hydroxyl groups is 1. The molecule has 0 spiro atoms. The molecule has 0 aliphatic rings. The molecule has 1 aromatic carbocycles. The third kappa shape index (κ3) is 2.74. The number of hydrogen-bond donors (Lipinski definition) is 1. The van der Waals surface area contributed by atoms with Crippen molar-refractivity contribution in [2.45, 2.75) is 24.8 Å². The predicted octanol–water partition coefficient (Wildman–Crippen LogP) is 4.11. The van der Waals surface area contributed by atoms with E-state index < -0.39 is 6.10 Å². The summed E-state index contributed by atoms with van der Waals surface area (Å²) >= 11 is 2.93. The molecule has 18 heavy (non-hydrogen) atoms. The lowest BCUT2D eigenvalue weighted by atomic mass is 10.2. The number of aliphatic hydroxyl groups excluding tert-OH is 1. The number of halogens is 1. The predicted molar refractivity (Wildman–Crippen MR) is 74.5 cm³/mol. The SMILES string of the molecule is CCSc1cccc(F)c1-c1ncc(C(C)O)s1. The van der Waals surface area contributed by atoms with E-state index in [0.29, 0.717) is 10.6 Å². The fraction of sp³-hybridized carbons (Fsp3) is 0.308. The van der Waals surface area contributed by atoms with Crippen molar-refractivity contribution in [1.29, 1.82) is 0 Å². The summed E-state index contributed by atoms with van der Waals surface area (Å²) in [7, 11) is 0. The fourth-order valence-corrected chi connectivity index (χ4v) is 3.39. The van der Waals surface area contributed by atoms with Crippen molar-refractivity contribution >= 4 is 23.1 Å². The highest BCUT2D eigenvalue weighted by Crippen LogP contribution is 2.36. The zero-order valence-electron chi connectivity index (χ0n) is 10.2. The second-order valence-corrected chi connectivity index (χ2v) is 6.16. The van der Waals surface area contributed by atoms with Crippen LogP contribution < -0.4 is 0 Å². The summed E-state index contributed by atoms with van der Waals surface area (Å²) in [5.41, 5.74) is 0.543. The molecular formula is C13H14FNOS2. The van der Waals surface area contributed by atoms with E-state index in [2.05, 4.69) is 4.98 Å². The van der Waals surface area contributed by atoms with Crippen LogP contribution in [0.4, 0.5) is 4.39 Å². The van der Waals surface area contributed by atoms with Gasteiger partial charge in [-0.15, -0.1) is 23.1 Å². The average molecular weight is 283 g/mol. The van der Waals surface area contributed by atoms with Crippen molar-refractivity contribution in [2.75, 3.05) is 5.75 Å². The lowest BCUT2D eigenvalue weighted by molar-refractivity contribution is 0.203. The van der Waals surface area contributed by atoms with Crippen LogP contribution in [-0.4, -0.2) is 15.8 Å².